The molecule has 3 heterocycles. The van der Waals surface area contributed by atoms with Crippen molar-refractivity contribution >= 4 is 5.91 Å². The quantitative estimate of drug-likeness (QED) is 0.806. The van der Waals surface area contributed by atoms with Crippen LogP contribution in [0.25, 0.3) is 0 Å². The zero-order valence-electron chi connectivity index (χ0n) is 17.5. The van der Waals surface area contributed by atoms with Gasteiger partial charge in [0.1, 0.15) is 24.7 Å². The maximum atomic E-state index is 13.2. The molecule has 6 heteroatoms. The maximum Gasteiger partial charge on any atom is 0.230 e. The number of furan rings is 1. The molecule has 1 unspecified atom stereocenters. The minimum absolute atomic E-state index is 0.0124. The van der Waals surface area contributed by atoms with Crippen molar-refractivity contribution in [3.63, 3.8) is 0 Å². The molecule has 2 aliphatic heterocycles. The predicted octanol–water partition coefficient (Wildman–Crippen LogP) is 3.59. The lowest BCUT2D eigenvalue weighted by atomic mass is 9.83. The number of amides is 1. The van der Waals surface area contributed by atoms with E-state index in [9.17, 15) is 4.79 Å². The number of hydrogen-bond donors (Lipinski definition) is 1. The van der Waals surface area contributed by atoms with Crippen molar-refractivity contribution in [1.82, 2.24) is 10.2 Å². The molecule has 0 radical (unpaired) electrons. The highest BCUT2D eigenvalue weighted by atomic mass is 16.6. The molecule has 1 atom stereocenters. The van der Waals surface area contributed by atoms with Crippen molar-refractivity contribution < 1.29 is 18.7 Å². The summed E-state index contributed by atoms with van der Waals surface area (Å²) >= 11 is 0. The topological polar surface area (TPSA) is 63.9 Å². The van der Waals surface area contributed by atoms with Crippen molar-refractivity contribution in [1.29, 1.82) is 0 Å². The Labute approximate surface area is 172 Å². The molecule has 1 aromatic carbocycles. The van der Waals surface area contributed by atoms with E-state index < -0.39 is 5.41 Å². The largest absolute Gasteiger partial charge is 0.486 e. The second-order valence-electron chi connectivity index (χ2n) is 8.40. The molecular formula is C23H30N2O4. The number of nitrogens with zero attached hydrogens (tertiary/aromatic N) is 1. The Morgan fingerprint density at radius 2 is 1.83 bits per heavy atom. The van der Waals surface area contributed by atoms with E-state index in [4.69, 9.17) is 13.9 Å². The van der Waals surface area contributed by atoms with Crippen molar-refractivity contribution in [3.8, 4) is 11.5 Å². The Kier molecular flexibility index (Phi) is 5.54. The van der Waals surface area contributed by atoms with E-state index in [1.807, 2.05) is 51.1 Å². The average Bonchev–Trinajstić information content (AvgIpc) is 3.40. The number of ether oxygens (including phenoxy) is 2. The fraction of sp³-hybridized carbons (Fsp3) is 0.522. The molecule has 29 heavy (non-hydrogen) atoms. The van der Waals surface area contributed by atoms with E-state index in [1.54, 1.807) is 0 Å². The highest BCUT2D eigenvalue weighted by Crippen LogP contribution is 2.35. The second kappa shape index (κ2) is 8.11. The van der Waals surface area contributed by atoms with Gasteiger partial charge in [-0.1, -0.05) is 6.07 Å². The molecule has 4 rings (SSSR count). The van der Waals surface area contributed by atoms with Crippen LogP contribution in [0.3, 0.4) is 0 Å². The van der Waals surface area contributed by atoms with Gasteiger partial charge in [-0.05, 0) is 76.5 Å². The molecule has 1 amide bonds. The van der Waals surface area contributed by atoms with Crippen LogP contribution in [0.15, 0.2) is 34.7 Å². The lowest BCUT2D eigenvalue weighted by Gasteiger charge is -2.30. The van der Waals surface area contributed by atoms with Gasteiger partial charge in [0.05, 0.1) is 11.5 Å². The Balaban J connectivity index is 1.48. The van der Waals surface area contributed by atoms with E-state index in [1.165, 1.54) is 12.8 Å². The Bertz CT molecular complexity index is 868. The normalized spacial score (nSPS) is 17.9. The van der Waals surface area contributed by atoms with Crippen LogP contribution in [0.5, 0.6) is 11.5 Å². The third-order valence-electron chi connectivity index (χ3n) is 5.96. The fourth-order valence-corrected chi connectivity index (χ4v) is 4.07. The SMILES string of the molecule is Cc1ccc(C(CNC(=O)C(C)(C)c2ccc3c(c2)OCCO3)N2CCCC2)o1. The van der Waals surface area contributed by atoms with Gasteiger partial charge in [-0.15, -0.1) is 0 Å². The van der Waals surface area contributed by atoms with E-state index in [-0.39, 0.29) is 11.9 Å². The zero-order valence-corrected chi connectivity index (χ0v) is 17.5. The van der Waals surface area contributed by atoms with Crippen LogP contribution in [-0.2, 0) is 10.2 Å². The van der Waals surface area contributed by atoms with Gasteiger partial charge < -0.3 is 19.2 Å². The van der Waals surface area contributed by atoms with Gasteiger partial charge in [0.15, 0.2) is 11.5 Å². The molecule has 1 N–H and O–H groups in total. The highest BCUT2D eigenvalue weighted by Gasteiger charge is 2.33. The molecular weight excluding hydrogens is 368 g/mol. The smallest absolute Gasteiger partial charge is 0.230 e. The first-order valence-electron chi connectivity index (χ1n) is 10.4. The fourth-order valence-electron chi connectivity index (χ4n) is 4.07. The minimum atomic E-state index is -0.690. The molecule has 156 valence electrons. The lowest BCUT2D eigenvalue weighted by molar-refractivity contribution is -0.125. The first-order chi connectivity index (χ1) is 13.9. The van der Waals surface area contributed by atoms with Gasteiger partial charge in [-0.3, -0.25) is 9.69 Å². The summed E-state index contributed by atoms with van der Waals surface area (Å²) in [6, 6.07) is 9.82. The molecule has 6 nitrogen and oxygen atoms in total. The number of carbonyl (C=O) groups excluding carboxylic acids is 1. The van der Waals surface area contributed by atoms with E-state index in [2.05, 4.69) is 10.2 Å². The van der Waals surface area contributed by atoms with E-state index >= 15 is 0 Å². The first-order valence-corrected chi connectivity index (χ1v) is 10.4. The zero-order chi connectivity index (χ0) is 20.4. The van der Waals surface area contributed by atoms with Gasteiger partial charge >= 0.3 is 0 Å². The van der Waals surface area contributed by atoms with E-state index in [0.717, 1.165) is 35.9 Å². The Morgan fingerprint density at radius 1 is 1.10 bits per heavy atom. The van der Waals surface area contributed by atoms with Crippen LogP contribution < -0.4 is 14.8 Å². The number of aryl methyl sites for hydroxylation is 1. The summed E-state index contributed by atoms with van der Waals surface area (Å²) in [4.78, 5) is 15.6. The molecule has 0 bridgehead atoms. The van der Waals surface area contributed by atoms with Crippen LogP contribution in [-0.4, -0.2) is 43.7 Å². The van der Waals surface area contributed by atoms with Crippen molar-refractivity contribution in [2.24, 2.45) is 0 Å². The van der Waals surface area contributed by atoms with Crippen LogP contribution >= 0.6 is 0 Å². The summed E-state index contributed by atoms with van der Waals surface area (Å²) < 4.78 is 17.2. The third-order valence-corrected chi connectivity index (χ3v) is 5.96. The molecule has 0 aliphatic carbocycles. The van der Waals surface area contributed by atoms with Crippen molar-refractivity contribution in [2.45, 2.75) is 45.1 Å². The number of rotatable bonds is 6. The van der Waals surface area contributed by atoms with Crippen LogP contribution in [0.4, 0.5) is 0 Å². The molecule has 2 aromatic rings. The molecule has 1 aromatic heterocycles. The lowest BCUT2D eigenvalue weighted by Crippen LogP contribution is -2.44. The van der Waals surface area contributed by atoms with E-state index in [0.29, 0.717) is 25.5 Å². The summed E-state index contributed by atoms with van der Waals surface area (Å²) in [5.41, 5.74) is 0.218. The minimum Gasteiger partial charge on any atom is -0.486 e. The number of likely N-dealkylation sites (tertiary alicyclic amines) is 1. The molecule has 1 fully saturated rings. The second-order valence-corrected chi connectivity index (χ2v) is 8.40. The summed E-state index contributed by atoms with van der Waals surface area (Å²) in [5, 5.41) is 3.17. The summed E-state index contributed by atoms with van der Waals surface area (Å²) in [5.74, 6) is 3.24. The number of fused-ring (bicyclic) bond motifs is 1. The van der Waals surface area contributed by atoms with Crippen LogP contribution in [0, 0.1) is 6.92 Å². The number of carbonyl (C=O) groups is 1. The molecule has 1 saturated heterocycles. The number of benzene rings is 1. The standard InChI is InChI=1S/C23H30N2O4/c1-16-6-8-19(29-16)18(25-10-4-5-11-25)15-24-22(26)23(2,3)17-7-9-20-21(14-17)28-13-12-27-20/h6-9,14,18H,4-5,10-13,15H2,1-3H3,(H,24,26). The van der Waals surface area contributed by atoms with Gasteiger partial charge in [0.25, 0.3) is 0 Å². The highest BCUT2D eigenvalue weighted by molar-refractivity contribution is 5.87. The number of hydrogen-bond acceptors (Lipinski definition) is 5. The van der Waals surface area contributed by atoms with Gasteiger partial charge in [-0.25, -0.2) is 0 Å². The predicted molar refractivity (Wildman–Crippen MR) is 110 cm³/mol. The summed E-state index contributed by atoms with van der Waals surface area (Å²) in [6.45, 7) is 9.51. The Morgan fingerprint density at radius 3 is 2.52 bits per heavy atom. The maximum absolute atomic E-state index is 13.2. The number of nitrogens with one attached hydrogen (secondary N) is 1. The summed E-state index contributed by atoms with van der Waals surface area (Å²) in [6.07, 6.45) is 2.37. The molecule has 0 saturated carbocycles. The first kappa shape index (κ1) is 19.8. The van der Waals surface area contributed by atoms with Gasteiger partial charge in [0, 0.05) is 6.54 Å². The molecule has 2 aliphatic rings. The van der Waals surface area contributed by atoms with Crippen LogP contribution in [0.1, 0.15) is 49.8 Å². The molecule has 0 spiro atoms. The average molecular weight is 399 g/mol. The summed E-state index contributed by atoms with van der Waals surface area (Å²) in [7, 11) is 0. The Hall–Kier alpha value is -2.47. The van der Waals surface area contributed by atoms with Crippen molar-refractivity contribution in [3.05, 3.63) is 47.4 Å². The van der Waals surface area contributed by atoms with Crippen molar-refractivity contribution in [2.75, 3.05) is 32.8 Å². The third kappa shape index (κ3) is 4.13. The van der Waals surface area contributed by atoms with Gasteiger partial charge in [0.2, 0.25) is 5.91 Å². The van der Waals surface area contributed by atoms with Gasteiger partial charge in [-0.2, -0.15) is 0 Å². The van der Waals surface area contributed by atoms with Crippen LogP contribution in [0.2, 0.25) is 0 Å². The monoisotopic (exact) mass is 398 g/mol.